The van der Waals surface area contributed by atoms with Crippen molar-refractivity contribution < 1.29 is 0 Å². The van der Waals surface area contributed by atoms with Crippen LogP contribution in [0, 0.1) is 0 Å². The van der Waals surface area contributed by atoms with E-state index in [0.717, 1.165) is 12.8 Å². The molecule has 0 unspecified atom stereocenters. The van der Waals surface area contributed by atoms with E-state index in [0.29, 0.717) is 12.0 Å². The van der Waals surface area contributed by atoms with E-state index >= 15 is 0 Å². The van der Waals surface area contributed by atoms with E-state index in [1.807, 2.05) is 0 Å². The molecule has 86 valence electrons. The molecular weight excluding hydrogens is 236 g/mol. The van der Waals surface area contributed by atoms with Crippen LogP contribution in [0.2, 0.25) is 5.28 Å². The molecule has 1 heterocycles. The standard InChI is InChI=1S/C12H11ClN4/c13-11-14-7-15-12(17-11)16-10-5-8-3-1-2-4-9(8)6-10/h1-4,7,10H,5-6H2,(H,14,15,16,17). The molecule has 0 aliphatic heterocycles. The zero-order chi connectivity index (χ0) is 11.7. The molecule has 0 atom stereocenters. The van der Waals surface area contributed by atoms with Crippen LogP contribution >= 0.6 is 11.6 Å². The van der Waals surface area contributed by atoms with Crippen LogP contribution in [-0.4, -0.2) is 21.0 Å². The maximum atomic E-state index is 5.72. The molecule has 1 aliphatic rings. The van der Waals surface area contributed by atoms with Gasteiger partial charge in [0, 0.05) is 6.04 Å². The van der Waals surface area contributed by atoms with E-state index in [9.17, 15) is 0 Å². The Morgan fingerprint density at radius 3 is 2.47 bits per heavy atom. The summed E-state index contributed by atoms with van der Waals surface area (Å²) in [5.74, 6) is 0.544. The predicted octanol–water partition coefficient (Wildman–Crippen LogP) is 2.10. The Labute approximate surface area is 104 Å². The van der Waals surface area contributed by atoms with E-state index in [2.05, 4.69) is 44.5 Å². The average molecular weight is 247 g/mol. The van der Waals surface area contributed by atoms with Crippen molar-refractivity contribution in [3.05, 3.63) is 47.0 Å². The molecule has 2 aromatic rings. The summed E-state index contributed by atoms with van der Waals surface area (Å²) in [6, 6.07) is 8.81. The predicted molar refractivity (Wildman–Crippen MR) is 66.1 cm³/mol. The summed E-state index contributed by atoms with van der Waals surface area (Å²) in [5, 5.41) is 3.50. The summed E-state index contributed by atoms with van der Waals surface area (Å²) in [7, 11) is 0. The van der Waals surface area contributed by atoms with Gasteiger partial charge < -0.3 is 5.32 Å². The quantitative estimate of drug-likeness (QED) is 0.882. The van der Waals surface area contributed by atoms with Crippen molar-refractivity contribution in [1.29, 1.82) is 0 Å². The summed E-state index contributed by atoms with van der Waals surface area (Å²) in [6.07, 6.45) is 3.42. The second-order valence-corrected chi connectivity index (χ2v) is 4.43. The number of rotatable bonds is 2. The van der Waals surface area contributed by atoms with Crippen LogP contribution in [-0.2, 0) is 12.8 Å². The second kappa shape index (κ2) is 4.30. The third-order valence-corrected chi connectivity index (χ3v) is 3.11. The highest BCUT2D eigenvalue weighted by Crippen LogP contribution is 2.23. The van der Waals surface area contributed by atoms with E-state index in [4.69, 9.17) is 11.6 Å². The maximum Gasteiger partial charge on any atom is 0.227 e. The minimum absolute atomic E-state index is 0.220. The van der Waals surface area contributed by atoms with Crippen molar-refractivity contribution in [2.45, 2.75) is 18.9 Å². The number of aromatic nitrogens is 3. The Hall–Kier alpha value is -1.68. The third kappa shape index (κ3) is 2.22. The van der Waals surface area contributed by atoms with E-state index < -0.39 is 0 Å². The Bertz CT molecular complexity index is 519. The Morgan fingerprint density at radius 1 is 1.12 bits per heavy atom. The lowest BCUT2D eigenvalue weighted by atomic mass is 10.1. The lowest BCUT2D eigenvalue weighted by molar-refractivity contribution is 0.759. The number of hydrogen-bond acceptors (Lipinski definition) is 4. The molecule has 0 radical (unpaired) electrons. The van der Waals surface area contributed by atoms with Crippen LogP contribution in [0.5, 0.6) is 0 Å². The van der Waals surface area contributed by atoms with E-state index in [1.165, 1.54) is 17.5 Å². The summed E-state index contributed by atoms with van der Waals surface area (Å²) in [6.45, 7) is 0. The highest BCUT2D eigenvalue weighted by atomic mass is 35.5. The first-order chi connectivity index (χ1) is 8.31. The van der Waals surface area contributed by atoms with Gasteiger partial charge in [0.2, 0.25) is 11.2 Å². The molecule has 17 heavy (non-hydrogen) atoms. The zero-order valence-electron chi connectivity index (χ0n) is 9.10. The number of hydrogen-bond donors (Lipinski definition) is 1. The van der Waals surface area contributed by atoms with Crippen LogP contribution < -0.4 is 5.32 Å². The van der Waals surface area contributed by atoms with Crippen molar-refractivity contribution >= 4 is 17.5 Å². The van der Waals surface area contributed by atoms with Crippen LogP contribution in [0.4, 0.5) is 5.95 Å². The van der Waals surface area contributed by atoms with Gasteiger partial charge in [-0.25, -0.2) is 9.97 Å². The van der Waals surface area contributed by atoms with Crippen molar-refractivity contribution in [1.82, 2.24) is 15.0 Å². The monoisotopic (exact) mass is 246 g/mol. The molecule has 3 rings (SSSR count). The van der Waals surface area contributed by atoms with Gasteiger partial charge in [0.1, 0.15) is 6.33 Å². The molecule has 1 aromatic heterocycles. The molecule has 0 spiro atoms. The first kappa shape index (κ1) is 10.5. The Morgan fingerprint density at radius 2 is 1.82 bits per heavy atom. The smallest absolute Gasteiger partial charge is 0.227 e. The molecule has 0 amide bonds. The lowest BCUT2D eigenvalue weighted by Crippen LogP contribution is -2.21. The summed E-state index contributed by atoms with van der Waals surface area (Å²) >= 11 is 5.72. The molecule has 0 saturated heterocycles. The average Bonchev–Trinajstić information content (AvgIpc) is 2.71. The molecule has 0 bridgehead atoms. The number of nitrogens with zero attached hydrogens (tertiary/aromatic N) is 3. The molecule has 1 aliphatic carbocycles. The highest BCUT2D eigenvalue weighted by molar-refractivity contribution is 6.28. The number of nitrogens with one attached hydrogen (secondary N) is 1. The van der Waals surface area contributed by atoms with Crippen molar-refractivity contribution in [2.75, 3.05) is 5.32 Å². The molecule has 0 fully saturated rings. The first-order valence-electron chi connectivity index (χ1n) is 5.49. The van der Waals surface area contributed by atoms with Crippen LogP contribution in [0.15, 0.2) is 30.6 Å². The third-order valence-electron chi connectivity index (χ3n) is 2.93. The molecular formula is C12H11ClN4. The fourth-order valence-corrected chi connectivity index (χ4v) is 2.31. The van der Waals surface area contributed by atoms with Crippen molar-refractivity contribution in [3.63, 3.8) is 0 Å². The molecule has 4 nitrogen and oxygen atoms in total. The summed E-state index contributed by atoms with van der Waals surface area (Å²) in [4.78, 5) is 11.8. The number of halogens is 1. The Balaban J connectivity index is 1.74. The summed E-state index contributed by atoms with van der Waals surface area (Å²) < 4.78 is 0. The second-order valence-electron chi connectivity index (χ2n) is 4.10. The molecule has 0 saturated carbocycles. The Kier molecular flexibility index (Phi) is 2.65. The van der Waals surface area contributed by atoms with Gasteiger partial charge in [0.05, 0.1) is 0 Å². The van der Waals surface area contributed by atoms with Gasteiger partial charge >= 0.3 is 0 Å². The van der Waals surface area contributed by atoms with E-state index in [1.54, 1.807) is 0 Å². The van der Waals surface area contributed by atoms with Crippen LogP contribution in [0.3, 0.4) is 0 Å². The normalized spacial score (nSPS) is 14.6. The zero-order valence-corrected chi connectivity index (χ0v) is 9.85. The SMILES string of the molecule is Clc1ncnc(NC2Cc3ccccc3C2)n1. The van der Waals surface area contributed by atoms with E-state index in [-0.39, 0.29) is 5.28 Å². The minimum Gasteiger partial charge on any atom is -0.351 e. The summed E-state index contributed by atoms with van der Waals surface area (Å²) in [5.41, 5.74) is 2.79. The van der Waals surface area contributed by atoms with Gasteiger partial charge in [0.25, 0.3) is 0 Å². The van der Waals surface area contributed by atoms with Crippen molar-refractivity contribution in [2.24, 2.45) is 0 Å². The first-order valence-corrected chi connectivity index (χ1v) is 5.87. The lowest BCUT2D eigenvalue weighted by Gasteiger charge is -2.10. The minimum atomic E-state index is 0.220. The number of benzene rings is 1. The number of fused-ring (bicyclic) bond motifs is 1. The van der Waals surface area contributed by atoms with Gasteiger partial charge in [-0.1, -0.05) is 24.3 Å². The van der Waals surface area contributed by atoms with Gasteiger partial charge in [0.15, 0.2) is 0 Å². The van der Waals surface area contributed by atoms with Gasteiger partial charge in [-0.2, -0.15) is 4.98 Å². The van der Waals surface area contributed by atoms with Gasteiger partial charge in [-0.15, -0.1) is 0 Å². The highest BCUT2D eigenvalue weighted by Gasteiger charge is 2.21. The van der Waals surface area contributed by atoms with Crippen molar-refractivity contribution in [3.8, 4) is 0 Å². The number of anilines is 1. The van der Waals surface area contributed by atoms with Crippen LogP contribution in [0.25, 0.3) is 0 Å². The van der Waals surface area contributed by atoms with Gasteiger partial charge in [-0.3, -0.25) is 0 Å². The van der Waals surface area contributed by atoms with Crippen LogP contribution in [0.1, 0.15) is 11.1 Å². The molecule has 1 aromatic carbocycles. The molecule has 1 N–H and O–H groups in total. The fourth-order valence-electron chi connectivity index (χ4n) is 2.19. The fraction of sp³-hybridized carbons (Fsp3) is 0.250. The largest absolute Gasteiger partial charge is 0.351 e. The maximum absolute atomic E-state index is 5.72. The van der Waals surface area contributed by atoms with Gasteiger partial charge in [-0.05, 0) is 35.6 Å². The topological polar surface area (TPSA) is 50.7 Å². The molecule has 5 heteroatoms.